The number of likely N-dealkylation sites (N-methyl/N-ethyl adjacent to an activating group) is 1. The van der Waals surface area contributed by atoms with Crippen molar-refractivity contribution in [3.05, 3.63) is 35.9 Å². The first-order chi connectivity index (χ1) is 11.5. The Labute approximate surface area is 146 Å². The van der Waals surface area contributed by atoms with Crippen molar-refractivity contribution in [3.8, 4) is 0 Å². The van der Waals surface area contributed by atoms with Gasteiger partial charge in [-0.05, 0) is 38.0 Å². The van der Waals surface area contributed by atoms with Crippen molar-refractivity contribution in [3.63, 3.8) is 0 Å². The molecule has 4 nitrogen and oxygen atoms in total. The Balaban J connectivity index is 0.00000139. The molecule has 0 radical (unpaired) electrons. The summed E-state index contributed by atoms with van der Waals surface area (Å²) in [5.41, 5.74) is 0.471. The molecule has 0 aliphatic carbocycles. The molecular formula is C20H32N2O2. The normalized spacial score (nSPS) is 20.8. The maximum atomic E-state index is 12.9. The highest BCUT2D eigenvalue weighted by Crippen LogP contribution is 2.38. The number of benzene rings is 1. The summed E-state index contributed by atoms with van der Waals surface area (Å²) < 4.78 is 0. The number of likely N-dealkylation sites (tertiary alicyclic amines) is 1. The third kappa shape index (κ3) is 4.23. The molecule has 0 saturated carbocycles. The lowest BCUT2D eigenvalue weighted by atomic mass is 9.70. The molecule has 0 spiro atoms. The SMILES string of the molecule is CC.CCN(CC)CCC1(c2ccccc2)CCC(=O)N(C)C1=O. The van der Waals surface area contributed by atoms with Crippen LogP contribution in [-0.2, 0) is 15.0 Å². The number of amides is 2. The minimum absolute atomic E-state index is 0.0536. The molecule has 0 aromatic heterocycles. The molecule has 134 valence electrons. The molecule has 1 unspecified atom stereocenters. The summed E-state index contributed by atoms with van der Waals surface area (Å²) in [7, 11) is 1.61. The predicted octanol–water partition coefficient (Wildman–Crippen LogP) is 3.46. The van der Waals surface area contributed by atoms with Gasteiger partial charge in [-0.25, -0.2) is 0 Å². The average molecular weight is 332 g/mol. The fourth-order valence-corrected chi connectivity index (χ4v) is 3.32. The number of piperidine rings is 1. The third-order valence-electron chi connectivity index (χ3n) is 4.93. The molecule has 1 fully saturated rings. The van der Waals surface area contributed by atoms with Crippen molar-refractivity contribution in [1.82, 2.24) is 9.80 Å². The van der Waals surface area contributed by atoms with Crippen LogP contribution in [0.2, 0.25) is 0 Å². The summed E-state index contributed by atoms with van der Waals surface area (Å²) in [6.45, 7) is 11.1. The summed E-state index contributed by atoms with van der Waals surface area (Å²) in [4.78, 5) is 28.4. The van der Waals surface area contributed by atoms with Gasteiger partial charge in [-0.2, -0.15) is 0 Å². The van der Waals surface area contributed by atoms with Crippen molar-refractivity contribution in [1.29, 1.82) is 0 Å². The van der Waals surface area contributed by atoms with E-state index in [9.17, 15) is 9.59 Å². The highest BCUT2D eigenvalue weighted by molar-refractivity contribution is 6.03. The number of nitrogens with zero attached hydrogens (tertiary/aromatic N) is 2. The van der Waals surface area contributed by atoms with E-state index >= 15 is 0 Å². The van der Waals surface area contributed by atoms with Gasteiger partial charge < -0.3 is 4.90 Å². The molecule has 0 N–H and O–H groups in total. The Bertz CT molecular complexity index is 526. The van der Waals surface area contributed by atoms with E-state index in [-0.39, 0.29) is 11.8 Å². The van der Waals surface area contributed by atoms with Crippen LogP contribution >= 0.6 is 0 Å². The van der Waals surface area contributed by atoms with E-state index in [1.54, 1.807) is 7.05 Å². The van der Waals surface area contributed by atoms with E-state index in [2.05, 4.69) is 18.7 Å². The largest absolute Gasteiger partial charge is 0.304 e. The zero-order valence-electron chi connectivity index (χ0n) is 15.8. The van der Waals surface area contributed by atoms with Crippen LogP contribution in [0.4, 0.5) is 0 Å². The first-order valence-corrected chi connectivity index (χ1v) is 9.14. The van der Waals surface area contributed by atoms with Gasteiger partial charge in [0.15, 0.2) is 0 Å². The summed E-state index contributed by atoms with van der Waals surface area (Å²) in [6, 6.07) is 9.94. The summed E-state index contributed by atoms with van der Waals surface area (Å²) in [5.74, 6) is -0.124. The van der Waals surface area contributed by atoms with Gasteiger partial charge in [0.1, 0.15) is 0 Å². The van der Waals surface area contributed by atoms with Gasteiger partial charge >= 0.3 is 0 Å². The number of hydrogen-bond donors (Lipinski definition) is 0. The fourth-order valence-electron chi connectivity index (χ4n) is 3.32. The van der Waals surface area contributed by atoms with Gasteiger partial charge in [0.05, 0.1) is 5.41 Å². The maximum Gasteiger partial charge on any atom is 0.239 e. The quantitative estimate of drug-likeness (QED) is 0.749. The van der Waals surface area contributed by atoms with E-state index in [1.807, 2.05) is 44.2 Å². The molecule has 1 atom stereocenters. The zero-order chi connectivity index (χ0) is 18.2. The van der Waals surface area contributed by atoms with E-state index < -0.39 is 5.41 Å². The Morgan fingerprint density at radius 1 is 1.08 bits per heavy atom. The minimum atomic E-state index is -0.563. The van der Waals surface area contributed by atoms with E-state index in [0.29, 0.717) is 12.8 Å². The fraction of sp³-hybridized carbons (Fsp3) is 0.600. The molecule has 1 aromatic carbocycles. The lowest BCUT2D eigenvalue weighted by molar-refractivity contribution is -0.152. The monoisotopic (exact) mass is 332 g/mol. The molecule has 4 heteroatoms. The Morgan fingerprint density at radius 2 is 1.67 bits per heavy atom. The van der Waals surface area contributed by atoms with Gasteiger partial charge in [-0.1, -0.05) is 58.0 Å². The number of carbonyl (C=O) groups excluding carboxylic acids is 2. The molecule has 2 rings (SSSR count). The minimum Gasteiger partial charge on any atom is -0.304 e. The van der Waals surface area contributed by atoms with Crippen molar-refractivity contribution in [2.75, 3.05) is 26.7 Å². The highest BCUT2D eigenvalue weighted by Gasteiger charge is 2.46. The number of hydrogen-bond acceptors (Lipinski definition) is 3. The van der Waals surface area contributed by atoms with Crippen molar-refractivity contribution >= 4 is 11.8 Å². The molecule has 24 heavy (non-hydrogen) atoms. The van der Waals surface area contributed by atoms with Gasteiger partial charge in [0.25, 0.3) is 0 Å². The van der Waals surface area contributed by atoms with Gasteiger partial charge in [-0.3, -0.25) is 14.5 Å². The molecule has 1 aliphatic heterocycles. The van der Waals surface area contributed by atoms with Crippen molar-refractivity contribution in [2.24, 2.45) is 0 Å². The molecule has 1 saturated heterocycles. The second-order valence-electron chi connectivity index (χ2n) is 5.98. The second-order valence-corrected chi connectivity index (χ2v) is 5.98. The Morgan fingerprint density at radius 3 is 2.21 bits per heavy atom. The smallest absolute Gasteiger partial charge is 0.239 e. The summed E-state index contributed by atoms with van der Waals surface area (Å²) in [6.07, 6.45) is 1.81. The molecular weight excluding hydrogens is 300 g/mol. The third-order valence-corrected chi connectivity index (χ3v) is 4.93. The number of imide groups is 1. The highest BCUT2D eigenvalue weighted by atomic mass is 16.2. The first-order valence-electron chi connectivity index (χ1n) is 9.14. The lowest BCUT2D eigenvalue weighted by Crippen LogP contribution is -2.53. The Hall–Kier alpha value is -1.68. The summed E-state index contributed by atoms with van der Waals surface area (Å²) >= 11 is 0. The summed E-state index contributed by atoms with van der Waals surface area (Å²) in [5, 5.41) is 0. The topological polar surface area (TPSA) is 40.6 Å². The van der Waals surface area contributed by atoms with Crippen LogP contribution in [0, 0.1) is 0 Å². The first kappa shape index (κ1) is 20.4. The molecule has 1 aliphatic rings. The zero-order valence-corrected chi connectivity index (χ0v) is 15.8. The number of carbonyl (C=O) groups is 2. The standard InChI is InChI=1S/C18H26N2O2.C2H6/c1-4-20(5-2)14-13-18(15-9-7-6-8-10-15)12-11-16(21)19(3)17(18)22;1-2/h6-10H,4-5,11-14H2,1-3H3;1-2H3. The van der Waals surface area contributed by atoms with E-state index in [1.165, 1.54) is 4.90 Å². The van der Waals surface area contributed by atoms with Crippen LogP contribution in [0.25, 0.3) is 0 Å². The van der Waals surface area contributed by atoms with Crippen LogP contribution in [-0.4, -0.2) is 48.3 Å². The van der Waals surface area contributed by atoms with Gasteiger partial charge in [0.2, 0.25) is 11.8 Å². The molecule has 2 amide bonds. The molecule has 1 aromatic rings. The van der Waals surface area contributed by atoms with Crippen LogP contribution in [0.15, 0.2) is 30.3 Å². The van der Waals surface area contributed by atoms with E-state index in [4.69, 9.17) is 0 Å². The van der Waals surface area contributed by atoms with Crippen LogP contribution < -0.4 is 0 Å². The van der Waals surface area contributed by atoms with Crippen molar-refractivity contribution < 1.29 is 9.59 Å². The van der Waals surface area contributed by atoms with Crippen molar-refractivity contribution in [2.45, 2.75) is 52.4 Å². The van der Waals surface area contributed by atoms with Crippen LogP contribution in [0.5, 0.6) is 0 Å². The lowest BCUT2D eigenvalue weighted by Gasteiger charge is -2.40. The second kappa shape index (κ2) is 9.58. The molecule has 1 heterocycles. The van der Waals surface area contributed by atoms with E-state index in [0.717, 1.165) is 31.6 Å². The van der Waals surface area contributed by atoms with Crippen LogP contribution in [0.3, 0.4) is 0 Å². The number of rotatable bonds is 6. The maximum absolute atomic E-state index is 12.9. The molecule has 0 bridgehead atoms. The predicted molar refractivity (Wildman–Crippen MR) is 98.9 cm³/mol. The van der Waals surface area contributed by atoms with Gasteiger partial charge in [-0.15, -0.1) is 0 Å². The van der Waals surface area contributed by atoms with Gasteiger partial charge in [0, 0.05) is 13.5 Å². The van der Waals surface area contributed by atoms with Crippen LogP contribution in [0.1, 0.15) is 52.5 Å². The Kier molecular flexibility index (Phi) is 8.13. The average Bonchev–Trinajstić information content (AvgIpc) is 2.65.